The molecule has 0 radical (unpaired) electrons. The van der Waals surface area contributed by atoms with E-state index in [-0.39, 0.29) is 11.0 Å². The summed E-state index contributed by atoms with van der Waals surface area (Å²) in [6.45, 7) is 8.92. The predicted molar refractivity (Wildman–Crippen MR) is 87.6 cm³/mol. The van der Waals surface area contributed by atoms with Gasteiger partial charge in [0, 0.05) is 0 Å². The van der Waals surface area contributed by atoms with E-state index >= 15 is 0 Å². The number of carboxylic acids is 1. The third-order valence-electron chi connectivity index (χ3n) is 3.61. The van der Waals surface area contributed by atoms with E-state index in [2.05, 4.69) is 32.9 Å². The molecule has 0 amide bonds. The van der Waals surface area contributed by atoms with E-state index in [0.29, 0.717) is 6.61 Å². The third-order valence-corrected chi connectivity index (χ3v) is 3.61. The zero-order chi connectivity index (χ0) is 16.3. The van der Waals surface area contributed by atoms with E-state index in [4.69, 9.17) is 9.84 Å². The minimum Gasteiger partial charge on any atom is -0.489 e. The number of ether oxygens (including phenoxy) is 1. The zero-order valence-electron chi connectivity index (χ0n) is 13.5. The van der Waals surface area contributed by atoms with Crippen LogP contribution in [0.3, 0.4) is 0 Å². The van der Waals surface area contributed by atoms with Crippen molar-refractivity contribution in [3.8, 4) is 5.75 Å². The molecule has 1 N–H and O–H groups in total. The SMILES string of the molecule is Cc1cc(C(C)(C)C)ccc1OCc1cccc(C(=O)O)c1. The number of rotatable bonds is 4. The number of carbonyl (C=O) groups is 1. The van der Waals surface area contributed by atoms with Crippen LogP contribution >= 0.6 is 0 Å². The summed E-state index contributed by atoms with van der Waals surface area (Å²) in [4.78, 5) is 11.0. The molecule has 3 heteroatoms. The van der Waals surface area contributed by atoms with Crippen molar-refractivity contribution < 1.29 is 14.6 Å². The Morgan fingerprint density at radius 1 is 1.14 bits per heavy atom. The van der Waals surface area contributed by atoms with Gasteiger partial charge in [-0.15, -0.1) is 0 Å². The Kier molecular flexibility index (Phi) is 4.55. The van der Waals surface area contributed by atoms with E-state index in [1.54, 1.807) is 18.2 Å². The zero-order valence-corrected chi connectivity index (χ0v) is 13.5. The van der Waals surface area contributed by atoms with Crippen LogP contribution in [0.15, 0.2) is 42.5 Å². The molecule has 3 nitrogen and oxygen atoms in total. The lowest BCUT2D eigenvalue weighted by molar-refractivity contribution is 0.0696. The van der Waals surface area contributed by atoms with Gasteiger partial charge in [0.15, 0.2) is 0 Å². The van der Waals surface area contributed by atoms with Crippen LogP contribution in [-0.4, -0.2) is 11.1 Å². The quantitative estimate of drug-likeness (QED) is 0.899. The molecule has 0 aliphatic rings. The molecule has 0 bridgehead atoms. The Bertz CT molecular complexity index is 681. The first-order valence-corrected chi connectivity index (χ1v) is 7.33. The van der Waals surface area contributed by atoms with Gasteiger partial charge in [-0.1, -0.05) is 45.0 Å². The molecule has 22 heavy (non-hydrogen) atoms. The van der Waals surface area contributed by atoms with Crippen molar-refractivity contribution >= 4 is 5.97 Å². The number of hydrogen-bond donors (Lipinski definition) is 1. The van der Waals surface area contributed by atoms with E-state index in [0.717, 1.165) is 16.9 Å². The lowest BCUT2D eigenvalue weighted by Gasteiger charge is -2.20. The predicted octanol–water partition coefficient (Wildman–Crippen LogP) is 4.57. The monoisotopic (exact) mass is 298 g/mol. The fourth-order valence-corrected chi connectivity index (χ4v) is 2.23. The van der Waals surface area contributed by atoms with Crippen LogP contribution in [0.4, 0.5) is 0 Å². The number of carboxylic acid groups (broad SMARTS) is 1. The van der Waals surface area contributed by atoms with E-state index in [9.17, 15) is 4.79 Å². The molecule has 0 atom stereocenters. The molecule has 0 spiro atoms. The van der Waals surface area contributed by atoms with Crippen LogP contribution in [0.2, 0.25) is 0 Å². The van der Waals surface area contributed by atoms with Gasteiger partial charge in [0.25, 0.3) is 0 Å². The first-order chi connectivity index (χ1) is 10.3. The second-order valence-electron chi connectivity index (χ2n) is 6.52. The Morgan fingerprint density at radius 3 is 2.45 bits per heavy atom. The van der Waals surface area contributed by atoms with Crippen molar-refractivity contribution in [2.45, 2.75) is 39.7 Å². The van der Waals surface area contributed by atoms with Gasteiger partial charge in [-0.2, -0.15) is 0 Å². The van der Waals surface area contributed by atoms with Crippen molar-refractivity contribution in [2.24, 2.45) is 0 Å². The highest BCUT2D eigenvalue weighted by Crippen LogP contribution is 2.28. The molecule has 0 heterocycles. The summed E-state index contributed by atoms with van der Waals surface area (Å²) in [6, 6.07) is 13.0. The molecule has 2 aromatic rings. The van der Waals surface area contributed by atoms with Gasteiger partial charge in [0.2, 0.25) is 0 Å². The van der Waals surface area contributed by atoms with Crippen molar-refractivity contribution in [1.29, 1.82) is 0 Å². The second kappa shape index (κ2) is 6.22. The number of hydrogen-bond acceptors (Lipinski definition) is 2. The average molecular weight is 298 g/mol. The molecular formula is C19H22O3. The second-order valence-corrected chi connectivity index (χ2v) is 6.52. The van der Waals surface area contributed by atoms with Crippen LogP contribution in [0, 0.1) is 6.92 Å². The van der Waals surface area contributed by atoms with E-state index in [1.807, 2.05) is 19.1 Å². The van der Waals surface area contributed by atoms with Gasteiger partial charge in [0.05, 0.1) is 5.56 Å². The number of aromatic carboxylic acids is 1. The van der Waals surface area contributed by atoms with Crippen LogP contribution < -0.4 is 4.74 Å². The van der Waals surface area contributed by atoms with Crippen LogP contribution in [0.1, 0.15) is 47.8 Å². The van der Waals surface area contributed by atoms with Gasteiger partial charge in [-0.05, 0) is 47.2 Å². The molecule has 116 valence electrons. The normalized spacial score (nSPS) is 11.3. The largest absolute Gasteiger partial charge is 0.489 e. The molecule has 0 unspecified atom stereocenters. The van der Waals surface area contributed by atoms with Gasteiger partial charge < -0.3 is 9.84 Å². The molecule has 0 saturated heterocycles. The molecule has 2 rings (SSSR count). The lowest BCUT2D eigenvalue weighted by atomic mass is 9.86. The van der Waals surface area contributed by atoms with Crippen molar-refractivity contribution in [1.82, 2.24) is 0 Å². The highest BCUT2D eigenvalue weighted by Gasteiger charge is 2.14. The maximum Gasteiger partial charge on any atom is 0.335 e. The molecule has 0 aromatic heterocycles. The highest BCUT2D eigenvalue weighted by molar-refractivity contribution is 5.87. The van der Waals surface area contributed by atoms with Crippen molar-refractivity contribution in [3.63, 3.8) is 0 Å². The summed E-state index contributed by atoms with van der Waals surface area (Å²) < 4.78 is 5.83. The Hall–Kier alpha value is -2.29. The lowest BCUT2D eigenvalue weighted by Crippen LogP contribution is -2.11. The fourth-order valence-electron chi connectivity index (χ4n) is 2.23. The summed E-state index contributed by atoms with van der Waals surface area (Å²) in [5, 5.41) is 9.00. The number of aryl methyl sites for hydroxylation is 1. The topological polar surface area (TPSA) is 46.5 Å². The molecule has 0 fully saturated rings. The van der Waals surface area contributed by atoms with E-state index < -0.39 is 5.97 Å². The van der Waals surface area contributed by atoms with Gasteiger partial charge in [-0.25, -0.2) is 4.79 Å². The highest BCUT2D eigenvalue weighted by atomic mass is 16.5. The Labute approximate surface area is 131 Å². The van der Waals surface area contributed by atoms with Crippen molar-refractivity contribution in [2.75, 3.05) is 0 Å². The molecular weight excluding hydrogens is 276 g/mol. The van der Waals surface area contributed by atoms with Gasteiger partial charge in [-0.3, -0.25) is 0 Å². The summed E-state index contributed by atoms with van der Waals surface area (Å²) in [6.07, 6.45) is 0. The molecule has 0 saturated carbocycles. The van der Waals surface area contributed by atoms with Gasteiger partial charge in [0.1, 0.15) is 12.4 Å². The third kappa shape index (κ3) is 3.88. The molecule has 0 aliphatic carbocycles. The first kappa shape index (κ1) is 16.1. The van der Waals surface area contributed by atoms with Crippen LogP contribution in [0.25, 0.3) is 0 Å². The van der Waals surface area contributed by atoms with Gasteiger partial charge >= 0.3 is 5.97 Å². The minimum absolute atomic E-state index is 0.110. The summed E-state index contributed by atoms with van der Waals surface area (Å²) in [5.74, 6) is -0.0960. The summed E-state index contributed by atoms with van der Waals surface area (Å²) in [7, 11) is 0. The van der Waals surface area contributed by atoms with Crippen molar-refractivity contribution in [3.05, 3.63) is 64.7 Å². The Morgan fingerprint density at radius 2 is 1.86 bits per heavy atom. The summed E-state index contributed by atoms with van der Waals surface area (Å²) >= 11 is 0. The maximum atomic E-state index is 11.0. The number of benzene rings is 2. The Balaban J connectivity index is 2.12. The van der Waals surface area contributed by atoms with Crippen LogP contribution in [0.5, 0.6) is 5.75 Å². The first-order valence-electron chi connectivity index (χ1n) is 7.33. The molecule has 0 aliphatic heterocycles. The maximum absolute atomic E-state index is 11.0. The average Bonchev–Trinajstić information content (AvgIpc) is 2.45. The summed E-state index contributed by atoms with van der Waals surface area (Å²) in [5.41, 5.74) is 3.59. The minimum atomic E-state index is -0.924. The smallest absolute Gasteiger partial charge is 0.335 e. The van der Waals surface area contributed by atoms with Crippen LogP contribution in [-0.2, 0) is 12.0 Å². The van der Waals surface area contributed by atoms with E-state index in [1.165, 1.54) is 5.56 Å². The fraction of sp³-hybridized carbons (Fsp3) is 0.316. The molecule has 2 aromatic carbocycles. The standard InChI is InChI=1S/C19H22O3/c1-13-10-16(19(2,3)4)8-9-17(13)22-12-14-6-5-7-15(11-14)18(20)21/h5-11H,12H2,1-4H3,(H,20,21).